The lowest BCUT2D eigenvalue weighted by Crippen LogP contribution is -2.36. The fourth-order valence-electron chi connectivity index (χ4n) is 2.96. The average molecular weight is 484 g/mol. The Labute approximate surface area is 199 Å². The summed E-state index contributed by atoms with van der Waals surface area (Å²) in [5.74, 6) is 1.51. The summed E-state index contributed by atoms with van der Waals surface area (Å²) in [5.41, 5.74) is 1.88. The van der Waals surface area contributed by atoms with Crippen LogP contribution in [0.1, 0.15) is 47.4 Å². The molecule has 3 rings (SSSR count). The maximum atomic E-state index is 13.7. The van der Waals surface area contributed by atoms with Gasteiger partial charge in [-0.15, -0.1) is 5.10 Å². The minimum atomic E-state index is -3.16. The van der Waals surface area contributed by atoms with Crippen molar-refractivity contribution in [3.05, 3.63) is 53.0 Å². The summed E-state index contributed by atoms with van der Waals surface area (Å²) >= 11 is 0. The van der Waals surface area contributed by atoms with E-state index in [1.54, 1.807) is 19.1 Å². The number of aryl methyl sites for hydroxylation is 2. The number of hydrogen-bond acceptors (Lipinski definition) is 7. The zero-order valence-electron chi connectivity index (χ0n) is 19.3. The highest BCUT2D eigenvalue weighted by Crippen LogP contribution is 2.27. The van der Waals surface area contributed by atoms with Crippen LogP contribution in [0.25, 0.3) is 11.4 Å². The Hall–Kier alpha value is -4.40. The van der Waals surface area contributed by atoms with Crippen molar-refractivity contribution in [1.82, 2.24) is 25.0 Å². The molecule has 182 valence electrons. The Morgan fingerprint density at radius 1 is 1.26 bits per heavy atom. The molecule has 0 fully saturated rings. The molecular formula is C23H22F2N6O4. The summed E-state index contributed by atoms with van der Waals surface area (Å²) in [6, 6.07) is 4.75. The Morgan fingerprint density at radius 2 is 1.97 bits per heavy atom. The number of carbonyl (C=O) groups is 2. The molecule has 0 aliphatic heterocycles. The van der Waals surface area contributed by atoms with Crippen molar-refractivity contribution in [2.24, 2.45) is 7.05 Å². The van der Waals surface area contributed by atoms with E-state index < -0.39 is 30.5 Å². The molecule has 1 atom stereocenters. The number of rotatable bonds is 6. The number of carboxylic acid groups (broad SMARTS) is 1. The Morgan fingerprint density at radius 3 is 2.63 bits per heavy atom. The normalized spacial score (nSPS) is 11.8. The number of pyridine rings is 2. The van der Waals surface area contributed by atoms with Gasteiger partial charge >= 0.3 is 12.1 Å². The molecule has 3 heterocycles. The van der Waals surface area contributed by atoms with Crippen LogP contribution in [0.2, 0.25) is 0 Å². The van der Waals surface area contributed by atoms with Crippen molar-refractivity contribution in [2.75, 3.05) is 5.32 Å². The standard InChI is InChI=1S/C23H22F2N6O4/c1-5-23(24,25)14(3)35-22(34)28-20-19(29-30-31(20)4)18-9-8-15(13(2)27-18)6-7-16-10-11-26-12-17(16)21(32)33/h8-12,14H,5H2,1-4H3,(H,28,34)(H,32,33)/t14-/m1/s1. The van der Waals surface area contributed by atoms with Crippen LogP contribution in [-0.4, -0.2) is 54.2 Å². The van der Waals surface area contributed by atoms with Gasteiger partial charge in [0.15, 0.2) is 17.6 Å². The molecule has 0 unspecified atom stereocenters. The summed E-state index contributed by atoms with van der Waals surface area (Å²) in [4.78, 5) is 31.8. The van der Waals surface area contributed by atoms with Crippen molar-refractivity contribution < 1.29 is 28.2 Å². The third-order valence-corrected chi connectivity index (χ3v) is 5.11. The van der Waals surface area contributed by atoms with Crippen molar-refractivity contribution in [1.29, 1.82) is 0 Å². The van der Waals surface area contributed by atoms with Gasteiger partial charge in [0.05, 0.1) is 17.0 Å². The van der Waals surface area contributed by atoms with Crippen LogP contribution in [0.4, 0.5) is 19.4 Å². The zero-order valence-corrected chi connectivity index (χ0v) is 19.3. The van der Waals surface area contributed by atoms with E-state index in [1.807, 2.05) is 0 Å². The van der Waals surface area contributed by atoms with Crippen LogP contribution in [0.5, 0.6) is 0 Å². The van der Waals surface area contributed by atoms with E-state index in [-0.39, 0.29) is 17.1 Å². The van der Waals surface area contributed by atoms with E-state index in [4.69, 9.17) is 4.74 Å². The molecule has 0 aliphatic rings. The number of nitrogens with one attached hydrogen (secondary N) is 1. The highest BCUT2D eigenvalue weighted by Gasteiger charge is 2.37. The first-order chi connectivity index (χ1) is 16.5. The molecular weight excluding hydrogens is 462 g/mol. The lowest BCUT2D eigenvalue weighted by molar-refractivity contribution is -0.102. The third-order valence-electron chi connectivity index (χ3n) is 5.11. The number of alkyl halides is 2. The summed E-state index contributed by atoms with van der Waals surface area (Å²) in [5, 5.41) is 19.5. The van der Waals surface area contributed by atoms with Gasteiger partial charge < -0.3 is 9.84 Å². The van der Waals surface area contributed by atoms with Crippen LogP contribution in [0.3, 0.4) is 0 Å². The van der Waals surface area contributed by atoms with Crippen molar-refractivity contribution in [3.8, 4) is 23.2 Å². The molecule has 10 nitrogen and oxygen atoms in total. The number of hydrogen-bond donors (Lipinski definition) is 2. The molecule has 0 radical (unpaired) electrons. The molecule has 3 aromatic rings. The third kappa shape index (κ3) is 5.75. The average Bonchev–Trinajstić information content (AvgIpc) is 3.18. The minimum Gasteiger partial charge on any atom is -0.478 e. The lowest BCUT2D eigenvalue weighted by Gasteiger charge is -2.22. The minimum absolute atomic E-state index is 0.0181. The van der Waals surface area contributed by atoms with E-state index in [0.717, 1.165) is 6.92 Å². The van der Waals surface area contributed by atoms with E-state index in [2.05, 4.69) is 37.4 Å². The largest absolute Gasteiger partial charge is 0.478 e. The zero-order chi connectivity index (χ0) is 25.8. The van der Waals surface area contributed by atoms with Gasteiger partial charge in [0.2, 0.25) is 0 Å². The smallest absolute Gasteiger partial charge is 0.413 e. The van der Waals surface area contributed by atoms with Gasteiger partial charge in [-0.1, -0.05) is 24.0 Å². The quantitative estimate of drug-likeness (QED) is 0.507. The number of ether oxygens (including phenoxy) is 1. The molecule has 0 bridgehead atoms. The monoisotopic (exact) mass is 484 g/mol. The van der Waals surface area contributed by atoms with Gasteiger partial charge in [-0.2, -0.15) is 0 Å². The SMILES string of the molecule is CCC(F)(F)[C@@H](C)OC(=O)Nc1c(-c2ccc(C#Cc3ccncc3C(=O)O)c(C)n2)nnn1C. The summed E-state index contributed by atoms with van der Waals surface area (Å²) in [6.07, 6.45) is -0.516. The number of aromatic carboxylic acids is 1. The van der Waals surface area contributed by atoms with Crippen LogP contribution < -0.4 is 5.32 Å². The van der Waals surface area contributed by atoms with Gasteiger partial charge in [0, 0.05) is 37.0 Å². The molecule has 0 saturated carbocycles. The van der Waals surface area contributed by atoms with Crippen LogP contribution in [0, 0.1) is 18.8 Å². The number of carbonyl (C=O) groups excluding carboxylic acids is 1. The van der Waals surface area contributed by atoms with Crippen LogP contribution in [-0.2, 0) is 11.8 Å². The molecule has 0 spiro atoms. The second kappa shape index (κ2) is 10.3. The predicted octanol–water partition coefficient (Wildman–Crippen LogP) is 3.66. The number of amides is 1. The van der Waals surface area contributed by atoms with E-state index in [1.165, 1.54) is 37.1 Å². The maximum Gasteiger partial charge on any atom is 0.413 e. The van der Waals surface area contributed by atoms with Crippen molar-refractivity contribution in [3.63, 3.8) is 0 Å². The first-order valence-corrected chi connectivity index (χ1v) is 10.5. The van der Waals surface area contributed by atoms with Crippen LogP contribution in [0.15, 0.2) is 30.6 Å². The first kappa shape index (κ1) is 25.2. The molecule has 0 aromatic carbocycles. The Bertz CT molecular complexity index is 1330. The highest BCUT2D eigenvalue weighted by atomic mass is 19.3. The van der Waals surface area contributed by atoms with Gasteiger partial charge in [0.25, 0.3) is 5.92 Å². The van der Waals surface area contributed by atoms with E-state index in [9.17, 15) is 23.5 Å². The highest BCUT2D eigenvalue weighted by molar-refractivity contribution is 5.90. The van der Waals surface area contributed by atoms with Gasteiger partial charge in [-0.05, 0) is 32.0 Å². The summed E-state index contributed by atoms with van der Waals surface area (Å²) in [7, 11) is 1.51. The molecule has 1 amide bonds. The van der Waals surface area contributed by atoms with Crippen molar-refractivity contribution in [2.45, 2.75) is 39.2 Å². The summed E-state index contributed by atoms with van der Waals surface area (Å²) < 4.78 is 33.5. The molecule has 35 heavy (non-hydrogen) atoms. The van der Waals surface area contributed by atoms with Crippen LogP contribution >= 0.6 is 0 Å². The fraction of sp³-hybridized carbons (Fsp3) is 0.304. The summed E-state index contributed by atoms with van der Waals surface area (Å²) in [6.45, 7) is 4.11. The number of aromatic nitrogens is 5. The number of halogens is 2. The second-order valence-corrected chi connectivity index (χ2v) is 7.50. The maximum absolute atomic E-state index is 13.7. The topological polar surface area (TPSA) is 132 Å². The number of carboxylic acids is 1. The fourth-order valence-corrected chi connectivity index (χ4v) is 2.96. The van der Waals surface area contributed by atoms with E-state index >= 15 is 0 Å². The molecule has 0 aliphatic carbocycles. The van der Waals surface area contributed by atoms with E-state index in [0.29, 0.717) is 22.5 Å². The van der Waals surface area contributed by atoms with Gasteiger partial charge in [-0.3, -0.25) is 10.3 Å². The molecule has 3 aromatic heterocycles. The van der Waals surface area contributed by atoms with Gasteiger partial charge in [0.1, 0.15) is 0 Å². The first-order valence-electron chi connectivity index (χ1n) is 10.5. The number of nitrogens with zero attached hydrogens (tertiary/aromatic N) is 5. The Kier molecular flexibility index (Phi) is 7.39. The predicted molar refractivity (Wildman–Crippen MR) is 121 cm³/mol. The molecule has 12 heteroatoms. The van der Waals surface area contributed by atoms with Crippen molar-refractivity contribution >= 4 is 17.9 Å². The molecule has 0 saturated heterocycles. The van der Waals surface area contributed by atoms with Gasteiger partial charge in [-0.25, -0.2) is 28.0 Å². The Balaban J connectivity index is 1.84. The molecule has 2 N–H and O–H groups in total. The second-order valence-electron chi connectivity index (χ2n) is 7.50. The number of anilines is 1. The lowest BCUT2D eigenvalue weighted by atomic mass is 10.1.